The molecule has 1 heterocycles. The summed E-state index contributed by atoms with van der Waals surface area (Å²) >= 11 is 0. The zero-order chi connectivity index (χ0) is 23.7. The summed E-state index contributed by atoms with van der Waals surface area (Å²) < 4.78 is 2.08. The van der Waals surface area contributed by atoms with Gasteiger partial charge in [0.05, 0.1) is 5.41 Å². The average molecular weight is 448 g/mol. The topological polar surface area (TPSA) is 52.3 Å². The normalized spacial score (nSPS) is 14.5. The van der Waals surface area contributed by atoms with Gasteiger partial charge in [-0.2, -0.15) is 4.58 Å². The first-order valence-electron chi connectivity index (χ1n) is 11.4. The number of amides is 1. The van der Waals surface area contributed by atoms with Crippen molar-refractivity contribution in [3.8, 4) is 5.75 Å². The lowest BCUT2D eigenvalue weighted by atomic mass is 9.81. The third-order valence-electron chi connectivity index (χ3n) is 6.51. The monoisotopic (exact) mass is 447 g/mol. The Hall–Kier alpha value is -4.18. The van der Waals surface area contributed by atoms with Crippen LogP contribution in [0.2, 0.25) is 0 Å². The van der Waals surface area contributed by atoms with Gasteiger partial charge in [-0.3, -0.25) is 4.79 Å². The number of carbonyl (C=O) groups excluding carboxylic acids is 1. The molecule has 0 unspecified atom stereocenters. The number of anilines is 1. The van der Waals surface area contributed by atoms with Crippen molar-refractivity contribution in [3.63, 3.8) is 0 Å². The summed E-state index contributed by atoms with van der Waals surface area (Å²) in [5.74, 6) is 0.148. The molecule has 5 rings (SSSR count). The van der Waals surface area contributed by atoms with Crippen molar-refractivity contribution in [1.29, 1.82) is 0 Å². The van der Waals surface area contributed by atoms with E-state index in [-0.39, 0.29) is 23.6 Å². The molecule has 1 aliphatic rings. The maximum absolute atomic E-state index is 13.0. The molecule has 0 saturated heterocycles. The summed E-state index contributed by atoms with van der Waals surface area (Å²) in [7, 11) is 0. The van der Waals surface area contributed by atoms with Crippen LogP contribution < -0.4 is 5.32 Å². The Morgan fingerprint density at radius 2 is 1.59 bits per heavy atom. The van der Waals surface area contributed by atoms with E-state index in [1.54, 1.807) is 6.07 Å². The molecule has 4 nitrogen and oxygen atoms in total. The maximum atomic E-state index is 13.0. The number of benzene rings is 4. The van der Waals surface area contributed by atoms with Crippen LogP contribution in [-0.2, 0) is 10.2 Å². The molecule has 2 N–H and O–H groups in total. The largest absolute Gasteiger partial charge is 0.507 e. The van der Waals surface area contributed by atoms with Crippen molar-refractivity contribution >= 4 is 39.8 Å². The van der Waals surface area contributed by atoms with Gasteiger partial charge in [0.15, 0.2) is 5.71 Å². The van der Waals surface area contributed by atoms with Gasteiger partial charge >= 0.3 is 0 Å². The fraction of sp³-hybridized carbons (Fsp3) is 0.133. The number of fused-ring (bicyclic) bond motifs is 2. The first kappa shape index (κ1) is 21.7. The van der Waals surface area contributed by atoms with E-state index < -0.39 is 0 Å². The van der Waals surface area contributed by atoms with Gasteiger partial charge in [-0.25, -0.2) is 0 Å². The van der Waals surface area contributed by atoms with Crippen LogP contribution in [-0.4, -0.2) is 27.8 Å². The molecule has 4 aromatic carbocycles. The Morgan fingerprint density at radius 3 is 2.41 bits per heavy atom. The van der Waals surface area contributed by atoms with Crippen molar-refractivity contribution in [2.75, 3.05) is 11.9 Å². The summed E-state index contributed by atoms with van der Waals surface area (Å²) in [4.78, 5) is 13.0. The molecule has 0 radical (unpaired) electrons. The lowest BCUT2D eigenvalue weighted by Gasteiger charge is -2.15. The quantitative estimate of drug-likeness (QED) is 0.354. The second kappa shape index (κ2) is 8.64. The van der Waals surface area contributed by atoms with Crippen molar-refractivity contribution in [3.05, 3.63) is 108 Å². The van der Waals surface area contributed by atoms with Crippen LogP contribution in [0.1, 0.15) is 25.0 Å². The predicted molar refractivity (Wildman–Crippen MR) is 139 cm³/mol. The number of phenolic OH excluding ortho intramolecular Hbond substituents is 1. The van der Waals surface area contributed by atoms with Crippen LogP contribution in [0.15, 0.2) is 97.1 Å². The number of aromatic hydroxyl groups is 1. The highest BCUT2D eigenvalue weighted by molar-refractivity contribution is 6.07. The molecule has 4 heteroatoms. The van der Waals surface area contributed by atoms with E-state index in [2.05, 4.69) is 35.9 Å². The minimum Gasteiger partial charge on any atom is -0.507 e. The first-order chi connectivity index (χ1) is 16.4. The van der Waals surface area contributed by atoms with Gasteiger partial charge in [-0.1, -0.05) is 66.7 Å². The van der Waals surface area contributed by atoms with E-state index in [1.165, 1.54) is 5.56 Å². The molecule has 0 atom stereocenters. The van der Waals surface area contributed by atoms with Gasteiger partial charge < -0.3 is 10.4 Å². The molecule has 0 fully saturated rings. The van der Waals surface area contributed by atoms with Gasteiger partial charge in [0, 0.05) is 29.0 Å². The van der Waals surface area contributed by atoms with Gasteiger partial charge in [0.2, 0.25) is 12.2 Å². The Labute approximate surface area is 199 Å². The molecule has 0 aliphatic carbocycles. The number of rotatable bonds is 5. The fourth-order valence-electron chi connectivity index (χ4n) is 4.80. The molecule has 0 aromatic heterocycles. The zero-order valence-corrected chi connectivity index (χ0v) is 19.3. The average Bonchev–Trinajstić information content (AvgIpc) is 3.05. The first-order valence-corrected chi connectivity index (χ1v) is 11.4. The van der Waals surface area contributed by atoms with Crippen molar-refractivity contribution < 1.29 is 14.5 Å². The summed E-state index contributed by atoms with van der Waals surface area (Å²) in [6.45, 7) is 4.53. The molecular weight excluding hydrogens is 420 g/mol. The van der Waals surface area contributed by atoms with Gasteiger partial charge in [-0.15, -0.1) is 0 Å². The Bertz CT molecular complexity index is 1450. The summed E-state index contributed by atoms with van der Waals surface area (Å²) in [5.41, 5.74) is 4.44. The molecular formula is C30H27N2O2+. The molecule has 1 aliphatic heterocycles. The highest BCUT2D eigenvalue weighted by Gasteiger charge is 2.44. The molecule has 168 valence electrons. The number of hydrogen-bond donors (Lipinski definition) is 2. The fourth-order valence-corrected chi connectivity index (χ4v) is 4.80. The van der Waals surface area contributed by atoms with Gasteiger partial charge in [0.1, 0.15) is 5.75 Å². The zero-order valence-electron chi connectivity index (χ0n) is 19.3. The Kier molecular flexibility index (Phi) is 5.50. The number of phenols is 1. The molecule has 0 spiro atoms. The smallest absolute Gasteiger partial charge is 0.290 e. The summed E-state index contributed by atoms with van der Waals surface area (Å²) in [5, 5.41) is 15.7. The second-order valence-corrected chi connectivity index (χ2v) is 9.08. The number of carbonyl (C=O) groups is 1. The van der Waals surface area contributed by atoms with Crippen LogP contribution in [0.25, 0.3) is 16.8 Å². The third-order valence-corrected chi connectivity index (χ3v) is 6.51. The van der Waals surface area contributed by atoms with Gasteiger partial charge in [-0.05, 0) is 48.9 Å². The van der Waals surface area contributed by atoms with E-state index in [1.807, 2.05) is 84.9 Å². The highest BCUT2D eigenvalue weighted by Crippen LogP contribution is 2.40. The van der Waals surface area contributed by atoms with Crippen molar-refractivity contribution in [1.82, 2.24) is 0 Å². The maximum Gasteiger partial charge on any atom is 0.290 e. The van der Waals surface area contributed by atoms with E-state index in [9.17, 15) is 9.90 Å². The minimum atomic E-state index is -0.305. The third kappa shape index (κ3) is 3.88. The Morgan fingerprint density at radius 1 is 0.882 bits per heavy atom. The number of para-hydroxylation sites is 2. The van der Waals surface area contributed by atoms with Crippen LogP contribution in [0, 0.1) is 0 Å². The minimum absolute atomic E-state index is 0.0855. The number of nitrogens with one attached hydrogen (secondary N) is 1. The number of allylic oxidation sites excluding steroid dienone is 1. The van der Waals surface area contributed by atoms with E-state index in [0.717, 1.165) is 33.4 Å². The molecule has 4 aromatic rings. The molecule has 34 heavy (non-hydrogen) atoms. The van der Waals surface area contributed by atoms with Crippen LogP contribution in [0.3, 0.4) is 0 Å². The van der Waals surface area contributed by atoms with Crippen LogP contribution in [0.4, 0.5) is 11.4 Å². The van der Waals surface area contributed by atoms with E-state index in [0.29, 0.717) is 0 Å². The second-order valence-electron chi connectivity index (χ2n) is 9.08. The lowest BCUT2D eigenvalue weighted by molar-refractivity contribution is -0.424. The standard InChI is InChI=1S/C30H26N2O2/c1-30(2)25-14-8-9-15-26(25)32(20-29(34)31-22-11-4-3-5-12-22)28(30)19-17-24-23-13-7-6-10-21(23)16-18-27(24)33/h3-19H,20H2,1-2H3,(H,31,34)/p+1. The van der Waals surface area contributed by atoms with Crippen LogP contribution in [0.5, 0.6) is 5.75 Å². The highest BCUT2D eigenvalue weighted by atomic mass is 16.3. The lowest BCUT2D eigenvalue weighted by Crippen LogP contribution is -2.31. The van der Waals surface area contributed by atoms with Crippen molar-refractivity contribution in [2.45, 2.75) is 19.3 Å². The summed E-state index contributed by atoms with van der Waals surface area (Å²) in [6, 6.07) is 29.4. The number of hydrogen-bond acceptors (Lipinski definition) is 2. The molecule has 1 amide bonds. The van der Waals surface area contributed by atoms with Crippen molar-refractivity contribution in [2.24, 2.45) is 0 Å². The van der Waals surface area contributed by atoms with E-state index >= 15 is 0 Å². The molecule has 0 saturated carbocycles. The Balaban J connectivity index is 1.58. The number of nitrogens with zero attached hydrogens (tertiary/aromatic N) is 1. The molecule has 0 bridgehead atoms. The van der Waals surface area contributed by atoms with Gasteiger partial charge in [0.25, 0.3) is 5.91 Å². The van der Waals surface area contributed by atoms with Crippen LogP contribution >= 0.6 is 0 Å². The predicted octanol–water partition coefficient (Wildman–Crippen LogP) is 6.27. The van der Waals surface area contributed by atoms with E-state index in [4.69, 9.17) is 0 Å². The summed E-state index contributed by atoms with van der Waals surface area (Å²) in [6.07, 6.45) is 4.00. The SMILES string of the molecule is CC1(C)C(/C=C/c2c(O)ccc3ccccc23)=[N+](CC(=O)Nc2ccccc2)c2ccccc21.